The number of nitrogens with one attached hydrogen (secondary N) is 1. The van der Waals surface area contributed by atoms with Crippen molar-refractivity contribution in [3.63, 3.8) is 0 Å². The van der Waals surface area contributed by atoms with Gasteiger partial charge in [0, 0.05) is 25.3 Å². The minimum Gasteiger partial charge on any atom is -0.357 e. The van der Waals surface area contributed by atoms with Gasteiger partial charge >= 0.3 is 0 Å². The first-order valence-corrected chi connectivity index (χ1v) is 7.62. The number of piperidine rings is 1. The molecule has 1 fully saturated rings. The van der Waals surface area contributed by atoms with Gasteiger partial charge in [0.2, 0.25) is 0 Å². The summed E-state index contributed by atoms with van der Waals surface area (Å²) in [5.74, 6) is 2.08. The molecule has 0 saturated carbocycles. The number of hydrogen-bond donors (Lipinski definition) is 1. The summed E-state index contributed by atoms with van der Waals surface area (Å²) >= 11 is 0. The van der Waals surface area contributed by atoms with Crippen molar-refractivity contribution in [1.82, 2.24) is 10.3 Å². The number of anilines is 1. The van der Waals surface area contributed by atoms with Crippen molar-refractivity contribution in [3.05, 3.63) is 23.9 Å². The van der Waals surface area contributed by atoms with Crippen LogP contribution in [0, 0.1) is 5.92 Å². The second kappa shape index (κ2) is 6.90. The molecule has 1 saturated heterocycles. The van der Waals surface area contributed by atoms with E-state index < -0.39 is 0 Å². The van der Waals surface area contributed by atoms with Crippen LogP contribution in [0.1, 0.15) is 51.1 Å². The first-order valence-electron chi connectivity index (χ1n) is 7.62. The molecule has 3 nitrogen and oxygen atoms in total. The Morgan fingerprint density at radius 2 is 2.11 bits per heavy atom. The lowest BCUT2D eigenvalue weighted by molar-refractivity contribution is 0.377. The van der Waals surface area contributed by atoms with Crippen LogP contribution < -0.4 is 10.2 Å². The molecule has 0 bridgehead atoms. The van der Waals surface area contributed by atoms with Crippen LogP contribution in [0.15, 0.2) is 18.3 Å². The molecule has 0 amide bonds. The van der Waals surface area contributed by atoms with Crippen molar-refractivity contribution in [1.29, 1.82) is 0 Å². The van der Waals surface area contributed by atoms with E-state index in [1.165, 1.54) is 44.3 Å². The Hall–Kier alpha value is -1.09. The number of aromatic nitrogens is 1. The molecule has 1 N–H and O–H groups in total. The molecule has 0 aliphatic carbocycles. The van der Waals surface area contributed by atoms with Crippen LogP contribution in [0.25, 0.3) is 0 Å². The molecular formula is C16H27N3. The molecule has 106 valence electrons. The van der Waals surface area contributed by atoms with Crippen LogP contribution in [0.5, 0.6) is 0 Å². The average molecular weight is 261 g/mol. The fraction of sp³-hybridized carbons (Fsp3) is 0.688. The van der Waals surface area contributed by atoms with E-state index in [-0.39, 0.29) is 0 Å². The molecule has 1 aliphatic heterocycles. The van der Waals surface area contributed by atoms with Gasteiger partial charge < -0.3 is 10.2 Å². The largest absolute Gasteiger partial charge is 0.357 e. The molecule has 2 rings (SSSR count). The smallest absolute Gasteiger partial charge is 0.128 e. The highest BCUT2D eigenvalue weighted by Crippen LogP contribution is 2.25. The van der Waals surface area contributed by atoms with Gasteiger partial charge in [0.25, 0.3) is 0 Å². The van der Waals surface area contributed by atoms with Crippen molar-refractivity contribution < 1.29 is 0 Å². The lowest BCUT2D eigenvalue weighted by Crippen LogP contribution is -2.34. The molecule has 2 heterocycles. The minimum absolute atomic E-state index is 0.372. The zero-order chi connectivity index (χ0) is 13.7. The molecule has 1 atom stereocenters. The van der Waals surface area contributed by atoms with Crippen LogP contribution in [0.4, 0.5) is 5.82 Å². The summed E-state index contributed by atoms with van der Waals surface area (Å²) in [4.78, 5) is 7.06. The Labute approximate surface area is 117 Å². The van der Waals surface area contributed by atoms with E-state index in [0.717, 1.165) is 11.7 Å². The molecule has 0 spiro atoms. The summed E-state index contributed by atoms with van der Waals surface area (Å²) in [6.45, 7) is 6.78. The van der Waals surface area contributed by atoms with Gasteiger partial charge in [-0.15, -0.1) is 0 Å². The molecule has 19 heavy (non-hydrogen) atoms. The zero-order valence-electron chi connectivity index (χ0n) is 12.5. The molecule has 0 radical (unpaired) electrons. The van der Waals surface area contributed by atoms with E-state index in [9.17, 15) is 0 Å². The van der Waals surface area contributed by atoms with Gasteiger partial charge in [-0.3, -0.25) is 0 Å². The van der Waals surface area contributed by atoms with E-state index in [2.05, 4.69) is 41.2 Å². The third-order valence-electron chi connectivity index (χ3n) is 4.34. The third kappa shape index (κ3) is 3.69. The maximum absolute atomic E-state index is 4.63. The van der Waals surface area contributed by atoms with Crippen LogP contribution in [0.2, 0.25) is 0 Å². The molecule has 3 heteroatoms. The van der Waals surface area contributed by atoms with E-state index in [1.54, 1.807) is 0 Å². The molecular weight excluding hydrogens is 234 g/mol. The lowest BCUT2D eigenvalue weighted by atomic mass is 9.92. The lowest BCUT2D eigenvalue weighted by Gasteiger charge is -2.32. The second-order valence-electron chi connectivity index (χ2n) is 5.68. The van der Waals surface area contributed by atoms with Crippen LogP contribution >= 0.6 is 0 Å². The van der Waals surface area contributed by atoms with Gasteiger partial charge in [-0.25, -0.2) is 4.98 Å². The predicted molar refractivity (Wildman–Crippen MR) is 81.6 cm³/mol. The van der Waals surface area contributed by atoms with Gasteiger partial charge in [0.05, 0.1) is 0 Å². The van der Waals surface area contributed by atoms with Gasteiger partial charge in [-0.1, -0.05) is 25.8 Å². The quantitative estimate of drug-likeness (QED) is 0.880. The minimum atomic E-state index is 0.372. The van der Waals surface area contributed by atoms with E-state index in [1.807, 2.05) is 13.2 Å². The maximum atomic E-state index is 4.63. The monoisotopic (exact) mass is 261 g/mol. The Morgan fingerprint density at radius 1 is 1.37 bits per heavy atom. The van der Waals surface area contributed by atoms with Crippen molar-refractivity contribution >= 4 is 5.82 Å². The Kier molecular flexibility index (Phi) is 5.20. The fourth-order valence-corrected chi connectivity index (χ4v) is 2.87. The predicted octanol–water partition coefficient (Wildman–Crippen LogP) is 3.38. The molecule has 1 aromatic heterocycles. The van der Waals surface area contributed by atoms with Gasteiger partial charge in [-0.2, -0.15) is 0 Å². The number of hydrogen-bond acceptors (Lipinski definition) is 3. The number of nitrogens with zero attached hydrogens (tertiary/aromatic N) is 2. The Morgan fingerprint density at radius 3 is 2.63 bits per heavy atom. The Bertz CT molecular complexity index is 366. The fourth-order valence-electron chi connectivity index (χ4n) is 2.87. The van der Waals surface area contributed by atoms with Gasteiger partial charge in [0.1, 0.15) is 5.82 Å². The van der Waals surface area contributed by atoms with Crippen LogP contribution in [-0.2, 0) is 0 Å². The molecule has 1 aliphatic rings. The normalized spacial score (nSPS) is 18.6. The summed E-state index contributed by atoms with van der Waals surface area (Å²) < 4.78 is 0. The maximum Gasteiger partial charge on any atom is 0.128 e. The van der Waals surface area contributed by atoms with E-state index in [4.69, 9.17) is 0 Å². The summed E-state index contributed by atoms with van der Waals surface area (Å²) in [7, 11) is 1.98. The van der Waals surface area contributed by atoms with Gasteiger partial charge in [-0.05, 0) is 44.4 Å². The summed E-state index contributed by atoms with van der Waals surface area (Å²) in [6, 6.07) is 4.74. The van der Waals surface area contributed by atoms with Crippen molar-refractivity contribution in [2.75, 3.05) is 25.0 Å². The van der Waals surface area contributed by atoms with Crippen LogP contribution in [0.3, 0.4) is 0 Å². The Balaban J connectivity index is 1.92. The average Bonchev–Trinajstić information content (AvgIpc) is 2.48. The SMILES string of the molecule is CCCC1CCN(c2ccc(C(C)NC)cn2)CC1. The molecule has 1 unspecified atom stereocenters. The van der Waals surface area contributed by atoms with Crippen molar-refractivity contribution in [2.45, 2.75) is 45.6 Å². The topological polar surface area (TPSA) is 28.2 Å². The number of pyridine rings is 1. The summed E-state index contributed by atoms with van der Waals surface area (Å²) in [5, 5.41) is 3.25. The van der Waals surface area contributed by atoms with E-state index >= 15 is 0 Å². The highest BCUT2D eigenvalue weighted by atomic mass is 15.2. The summed E-state index contributed by atoms with van der Waals surface area (Å²) in [6.07, 6.45) is 7.36. The third-order valence-corrected chi connectivity index (χ3v) is 4.34. The first kappa shape index (κ1) is 14.3. The number of rotatable bonds is 5. The zero-order valence-corrected chi connectivity index (χ0v) is 12.5. The van der Waals surface area contributed by atoms with E-state index in [0.29, 0.717) is 6.04 Å². The standard InChI is InChI=1S/C16H27N3/c1-4-5-14-8-10-19(11-9-14)16-7-6-15(12-18-16)13(2)17-3/h6-7,12-14,17H,4-5,8-11H2,1-3H3. The summed E-state index contributed by atoms with van der Waals surface area (Å²) in [5.41, 5.74) is 1.26. The van der Waals surface area contributed by atoms with Gasteiger partial charge in [0.15, 0.2) is 0 Å². The van der Waals surface area contributed by atoms with Crippen molar-refractivity contribution in [2.24, 2.45) is 5.92 Å². The first-order chi connectivity index (χ1) is 9.24. The van der Waals surface area contributed by atoms with Crippen LogP contribution in [-0.4, -0.2) is 25.1 Å². The molecule has 0 aromatic carbocycles. The highest BCUT2D eigenvalue weighted by molar-refractivity contribution is 5.40. The highest BCUT2D eigenvalue weighted by Gasteiger charge is 2.19. The second-order valence-corrected chi connectivity index (χ2v) is 5.68. The van der Waals surface area contributed by atoms with Crippen molar-refractivity contribution in [3.8, 4) is 0 Å². The molecule has 1 aromatic rings.